The minimum Gasteiger partial charge on any atom is -0.258 e. The lowest BCUT2D eigenvalue weighted by molar-refractivity contribution is -0.388. The monoisotopic (exact) mass is 383 g/mol. The van der Waals surface area contributed by atoms with Crippen LogP contribution < -0.4 is 0 Å². The Morgan fingerprint density at radius 3 is 2.48 bits per heavy atom. The van der Waals surface area contributed by atoms with Crippen molar-refractivity contribution in [3.05, 3.63) is 49.2 Å². The minimum atomic E-state index is -4.97. The number of nitrogens with zero attached hydrogens (tertiary/aromatic N) is 3. The zero-order valence-electron chi connectivity index (χ0n) is 10.3. The summed E-state index contributed by atoms with van der Waals surface area (Å²) in [5.41, 5.74) is -2.11. The van der Waals surface area contributed by atoms with Crippen molar-refractivity contribution in [3.63, 3.8) is 0 Å². The molecule has 112 valence electrons. The van der Waals surface area contributed by atoms with Gasteiger partial charge in [-0.05, 0) is 30.7 Å². The third-order valence-corrected chi connectivity index (χ3v) is 3.48. The predicted molar refractivity (Wildman–Crippen MR) is 72.7 cm³/mol. The highest BCUT2D eigenvalue weighted by atomic mass is 79.9. The molecule has 2 aromatic rings. The first-order chi connectivity index (χ1) is 9.62. The molecule has 0 aliphatic rings. The van der Waals surface area contributed by atoms with E-state index in [1.165, 1.54) is 6.07 Å². The molecular weight excluding hydrogens is 378 g/mol. The van der Waals surface area contributed by atoms with Gasteiger partial charge in [0.05, 0.1) is 10.6 Å². The number of aryl methyl sites for hydroxylation is 1. The Balaban J connectivity index is 2.74. The third kappa shape index (κ3) is 2.88. The molecule has 0 aliphatic carbocycles. The number of aromatic nitrogens is 2. The van der Waals surface area contributed by atoms with Crippen LogP contribution in [0.2, 0.25) is 5.15 Å². The fraction of sp³-hybridized carbons (Fsp3) is 0.182. The molecule has 5 nitrogen and oxygen atoms in total. The molecule has 0 saturated heterocycles. The second-order valence-electron chi connectivity index (χ2n) is 4.09. The van der Waals surface area contributed by atoms with Crippen LogP contribution in [0.15, 0.2) is 22.7 Å². The highest BCUT2D eigenvalue weighted by Gasteiger charge is 2.45. The number of nitro groups is 1. The number of hydrogen-bond acceptors (Lipinski definition) is 3. The molecule has 0 fully saturated rings. The van der Waals surface area contributed by atoms with Gasteiger partial charge in [-0.25, -0.2) is 4.68 Å². The van der Waals surface area contributed by atoms with Crippen LogP contribution in [0.4, 0.5) is 18.9 Å². The van der Waals surface area contributed by atoms with Crippen molar-refractivity contribution in [3.8, 4) is 5.69 Å². The lowest BCUT2D eigenvalue weighted by atomic mass is 10.2. The van der Waals surface area contributed by atoms with Gasteiger partial charge < -0.3 is 0 Å². The molecule has 0 saturated carbocycles. The number of rotatable bonds is 2. The topological polar surface area (TPSA) is 61.0 Å². The Bertz CT molecular complexity index is 730. The van der Waals surface area contributed by atoms with Gasteiger partial charge in [0.1, 0.15) is 0 Å². The van der Waals surface area contributed by atoms with Crippen LogP contribution >= 0.6 is 27.5 Å². The summed E-state index contributed by atoms with van der Waals surface area (Å²) in [6, 6.07) is 4.66. The first kappa shape index (κ1) is 15.8. The zero-order chi connectivity index (χ0) is 15.9. The van der Waals surface area contributed by atoms with Gasteiger partial charge in [-0.15, -0.1) is 0 Å². The summed E-state index contributed by atoms with van der Waals surface area (Å²) in [5.74, 6) is 0. The maximum atomic E-state index is 12.8. The molecule has 2 rings (SSSR count). The number of benzene rings is 1. The van der Waals surface area contributed by atoms with E-state index >= 15 is 0 Å². The molecule has 10 heteroatoms. The standard InChI is InChI=1S/C11H6BrClF3N3O2/c1-5-4-6(12)2-3-7(5)18-10(13)8(19(20)21)9(17-18)11(14,15)16/h2-4H,1H3. The Hall–Kier alpha value is -1.61. The molecule has 0 amide bonds. The van der Waals surface area contributed by atoms with Crippen molar-refractivity contribution in [2.24, 2.45) is 0 Å². The molecule has 0 unspecified atom stereocenters. The minimum absolute atomic E-state index is 0.224. The Kier molecular flexibility index (Phi) is 3.98. The zero-order valence-corrected chi connectivity index (χ0v) is 12.6. The smallest absolute Gasteiger partial charge is 0.258 e. The Morgan fingerprint density at radius 2 is 2.05 bits per heavy atom. The van der Waals surface area contributed by atoms with Crippen LogP contribution in [0.1, 0.15) is 11.3 Å². The van der Waals surface area contributed by atoms with E-state index in [-0.39, 0.29) is 5.69 Å². The number of halogens is 5. The average molecular weight is 385 g/mol. The van der Waals surface area contributed by atoms with Crippen molar-refractivity contribution in [1.29, 1.82) is 0 Å². The molecular formula is C11H6BrClF3N3O2. The van der Waals surface area contributed by atoms with E-state index in [0.717, 1.165) is 0 Å². The van der Waals surface area contributed by atoms with Gasteiger partial charge in [-0.2, -0.15) is 18.3 Å². The molecule has 0 N–H and O–H groups in total. The van der Waals surface area contributed by atoms with E-state index in [1.807, 2.05) is 0 Å². The Morgan fingerprint density at radius 1 is 1.43 bits per heavy atom. The molecule has 1 aromatic heterocycles. The van der Waals surface area contributed by atoms with Crippen molar-refractivity contribution >= 4 is 33.2 Å². The summed E-state index contributed by atoms with van der Waals surface area (Å²) in [6.45, 7) is 1.62. The van der Waals surface area contributed by atoms with Gasteiger partial charge >= 0.3 is 11.9 Å². The average Bonchev–Trinajstić information content (AvgIpc) is 2.67. The quantitative estimate of drug-likeness (QED) is 0.565. The molecule has 1 heterocycles. The molecule has 0 bridgehead atoms. The molecule has 1 aromatic carbocycles. The lowest BCUT2D eigenvalue weighted by Gasteiger charge is -2.07. The van der Waals surface area contributed by atoms with E-state index in [0.29, 0.717) is 14.7 Å². The molecule has 0 radical (unpaired) electrons. The van der Waals surface area contributed by atoms with Gasteiger partial charge in [0, 0.05) is 4.47 Å². The van der Waals surface area contributed by atoms with E-state index in [9.17, 15) is 23.3 Å². The summed E-state index contributed by atoms with van der Waals surface area (Å²) in [7, 11) is 0. The summed E-state index contributed by atoms with van der Waals surface area (Å²) in [5, 5.41) is 13.4. The van der Waals surface area contributed by atoms with Crippen LogP contribution in [-0.4, -0.2) is 14.7 Å². The maximum absolute atomic E-state index is 12.8. The number of hydrogen-bond donors (Lipinski definition) is 0. The van der Waals surface area contributed by atoms with Gasteiger partial charge in [-0.3, -0.25) is 10.1 Å². The second kappa shape index (κ2) is 5.30. The normalized spacial score (nSPS) is 11.7. The van der Waals surface area contributed by atoms with E-state index in [1.54, 1.807) is 19.1 Å². The van der Waals surface area contributed by atoms with Crippen molar-refractivity contribution in [2.45, 2.75) is 13.1 Å². The maximum Gasteiger partial charge on any atom is 0.442 e. The first-order valence-corrected chi connectivity index (χ1v) is 6.56. The summed E-state index contributed by atoms with van der Waals surface area (Å²) in [6.07, 6.45) is -4.97. The van der Waals surface area contributed by atoms with Gasteiger partial charge in [0.25, 0.3) is 0 Å². The summed E-state index contributed by atoms with van der Waals surface area (Å²) < 4.78 is 39.9. The SMILES string of the molecule is Cc1cc(Br)ccc1-n1nc(C(F)(F)F)c([N+](=O)[O-])c1Cl. The van der Waals surface area contributed by atoms with E-state index in [2.05, 4.69) is 21.0 Å². The molecule has 0 spiro atoms. The number of alkyl halides is 3. The van der Waals surface area contributed by atoms with Crippen LogP contribution in [0.25, 0.3) is 5.69 Å². The Labute approximate surface area is 129 Å². The van der Waals surface area contributed by atoms with Crippen molar-refractivity contribution in [2.75, 3.05) is 0 Å². The van der Waals surface area contributed by atoms with Crippen LogP contribution in [-0.2, 0) is 6.18 Å². The fourth-order valence-corrected chi connectivity index (χ4v) is 2.52. The van der Waals surface area contributed by atoms with Gasteiger partial charge in [0.2, 0.25) is 10.8 Å². The van der Waals surface area contributed by atoms with E-state index in [4.69, 9.17) is 11.6 Å². The molecule has 0 aliphatic heterocycles. The van der Waals surface area contributed by atoms with Crippen LogP contribution in [0.3, 0.4) is 0 Å². The van der Waals surface area contributed by atoms with Gasteiger partial charge in [-0.1, -0.05) is 27.5 Å². The van der Waals surface area contributed by atoms with Crippen molar-refractivity contribution in [1.82, 2.24) is 9.78 Å². The molecule has 21 heavy (non-hydrogen) atoms. The first-order valence-electron chi connectivity index (χ1n) is 5.39. The largest absolute Gasteiger partial charge is 0.442 e. The second-order valence-corrected chi connectivity index (χ2v) is 5.36. The van der Waals surface area contributed by atoms with Crippen LogP contribution in [0, 0.1) is 17.0 Å². The van der Waals surface area contributed by atoms with Gasteiger partial charge in [0.15, 0.2) is 0 Å². The third-order valence-electron chi connectivity index (χ3n) is 2.64. The fourth-order valence-electron chi connectivity index (χ4n) is 1.76. The highest BCUT2D eigenvalue weighted by Crippen LogP contribution is 2.40. The van der Waals surface area contributed by atoms with Crippen molar-refractivity contribution < 1.29 is 18.1 Å². The van der Waals surface area contributed by atoms with Crippen LogP contribution in [0.5, 0.6) is 0 Å². The lowest BCUT2D eigenvalue weighted by Crippen LogP contribution is -2.09. The van der Waals surface area contributed by atoms with E-state index < -0.39 is 27.6 Å². The highest BCUT2D eigenvalue weighted by molar-refractivity contribution is 9.10. The summed E-state index contributed by atoms with van der Waals surface area (Å²) >= 11 is 8.94. The summed E-state index contributed by atoms with van der Waals surface area (Å²) in [4.78, 5) is 9.64. The predicted octanol–water partition coefficient (Wildman–Crippen LogP) is 4.52. The molecule has 0 atom stereocenters.